The van der Waals surface area contributed by atoms with Gasteiger partial charge >= 0.3 is 0 Å². The van der Waals surface area contributed by atoms with Gasteiger partial charge in [-0.3, -0.25) is 0 Å². The number of hydrogen-bond donors (Lipinski definition) is 1. The van der Waals surface area contributed by atoms with Gasteiger partial charge in [-0.2, -0.15) is 4.31 Å². The summed E-state index contributed by atoms with van der Waals surface area (Å²) in [4.78, 5) is 3.76. The van der Waals surface area contributed by atoms with Gasteiger partial charge in [0.1, 0.15) is 16.5 Å². The molecule has 0 amide bonds. The number of nitrogens with two attached hydrogens (primary N) is 1. The van der Waals surface area contributed by atoms with E-state index < -0.39 is 15.8 Å². The van der Waals surface area contributed by atoms with Crippen molar-refractivity contribution in [3.05, 3.63) is 54.0 Å². The maximum Gasteiger partial charge on any atom is 0.247 e. The largest absolute Gasteiger partial charge is 0.383 e. The Bertz CT molecular complexity index is 735. The van der Waals surface area contributed by atoms with Gasteiger partial charge in [0.05, 0.1) is 0 Å². The summed E-state index contributed by atoms with van der Waals surface area (Å²) in [5.74, 6) is -0.447. The molecule has 0 spiro atoms. The van der Waals surface area contributed by atoms with E-state index >= 15 is 0 Å². The van der Waals surface area contributed by atoms with Crippen LogP contribution in [0.1, 0.15) is 12.5 Å². The van der Waals surface area contributed by atoms with Crippen molar-refractivity contribution in [1.29, 1.82) is 0 Å². The predicted molar refractivity (Wildman–Crippen MR) is 78.3 cm³/mol. The summed E-state index contributed by atoms with van der Waals surface area (Å²) in [5.41, 5.74) is 6.21. The standard InChI is InChI=1S/C14H16FN3O2S/c1-2-18(10-11-5-3-6-12(15)9-11)21(19,20)13-7-4-8-17-14(13)16/h3-9H,2,10H2,1H3,(H2,16,17). The molecule has 1 aromatic carbocycles. The van der Waals surface area contributed by atoms with E-state index in [0.717, 1.165) is 0 Å². The number of hydrogen-bond acceptors (Lipinski definition) is 4. The van der Waals surface area contributed by atoms with Gasteiger partial charge in [-0.05, 0) is 29.8 Å². The molecule has 0 aliphatic rings. The van der Waals surface area contributed by atoms with Crippen LogP contribution in [0.15, 0.2) is 47.5 Å². The zero-order valence-electron chi connectivity index (χ0n) is 11.5. The molecule has 1 heterocycles. The van der Waals surface area contributed by atoms with Crippen LogP contribution >= 0.6 is 0 Å². The summed E-state index contributed by atoms with van der Waals surface area (Å²) >= 11 is 0. The maximum atomic E-state index is 13.2. The average Bonchev–Trinajstić information content (AvgIpc) is 2.45. The number of sulfonamides is 1. The lowest BCUT2D eigenvalue weighted by atomic mass is 10.2. The number of rotatable bonds is 5. The first kappa shape index (κ1) is 15.4. The van der Waals surface area contributed by atoms with E-state index in [-0.39, 0.29) is 23.8 Å². The minimum Gasteiger partial charge on any atom is -0.383 e. The third kappa shape index (κ3) is 3.37. The summed E-state index contributed by atoms with van der Waals surface area (Å²) in [6.45, 7) is 2.03. The van der Waals surface area contributed by atoms with Crippen LogP contribution in [0.5, 0.6) is 0 Å². The summed E-state index contributed by atoms with van der Waals surface area (Å²) in [6.07, 6.45) is 1.43. The average molecular weight is 309 g/mol. The van der Waals surface area contributed by atoms with Crippen LogP contribution in [0.2, 0.25) is 0 Å². The molecule has 0 aliphatic carbocycles. The minimum atomic E-state index is -3.77. The van der Waals surface area contributed by atoms with Crippen molar-refractivity contribution < 1.29 is 12.8 Å². The summed E-state index contributed by atoms with van der Waals surface area (Å²) < 4.78 is 39.6. The van der Waals surface area contributed by atoms with Gasteiger partial charge in [0, 0.05) is 19.3 Å². The van der Waals surface area contributed by atoms with Crippen molar-refractivity contribution in [2.45, 2.75) is 18.4 Å². The molecule has 2 N–H and O–H groups in total. The van der Waals surface area contributed by atoms with Gasteiger partial charge in [0.15, 0.2) is 0 Å². The van der Waals surface area contributed by atoms with E-state index in [1.165, 1.54) is 34.8 Å². The monoisotopic (exact) mass is 309 g/mol. The molecule has 7 heteroatoms. The van der Waals surface area contributed by atoms with Crippen molar-refractivity contribution in [2.75, 3.05) is 12.3 Å². The second kappa shape index (κ2) is 6.19. The van der Waals surface area contributed by atoms with Crippen molar-refractivity contribution in [3.8, 4) is 0 Å². The highest BCUT2D eigenvalue weighted by molar-refractivity contribution is 7.89. The van der Waals surface area contributed by atoms with Crippen LogP contribution in [0.25, 0.3) is 0 Å². The van der Waals surface area contributed by atoms with Crippen LogP contribution in [0.4, 0.5) is 10.2 Å². The molecule has 0 fully saturated rings. The second-order valence-corrected chi connectivity index (χ2v) is 6.35. The van der Waals surface area contributed by atoms with Crippen molar-refractivity contribution in [2.24, 2.45) is 0 Å². The fourth-order valence-corrected chi connectivity index (χ4v) is 3.47. The summed E-state index contributed by atoms with van der Waals surface area (Å²) in [7, 11) is -3.77. The predicted octanol–water partition coefficient (Wildman–Crippen LogP) is 2.01. The minimum absolute atomic E-state index is 0.0387. The molecule has 0 unspecified atom stereocenters. The molecule has 0 saturated carbocycles. The van der Waals surface area contributed by atoms with E-state index in [0.29, 0.717) is 5.56 Å². The molecule has 0 bridgehead atoms. The molecular weight excluding hydrogens is 293 g/mol. The zero-order valence-corrected chi connectivity index (χ0v) is 12.3. The maximum absolute atomic E-state index is 13.2. The van der Waals surface area contributed by atoms with E-state index in [1.54, 1.807) is 19.1 Å². The van der Waals surface area contributed by atoms with Gasteiger partial charge in [-0.1, -0.05) is 19.1 Å². The third-order valence-electron chi connectivity index (χ3n) is 3.02. The molecule has 1 aromatic heterocycles. The van der Waals surface area contributed by atoms with Gasteiger partial charge in [0.2, 0.25) is 10.0 Å². The lowest BCUT2D eigenvalue weighted by molar-refractivity contribution is 0.422. The number of halogens is 1. The number of aromatic nitrogens is 1. The highest BCUT2D eigenvalue weighted by atomic mass is 32.2. The van der Waals surface area contributed by atoms with Crippen LogP contribution < -0.4 is 5.73 Å². The topological polar surface area (TPSA) is 76.3 Å². The van der Waals surface area contributed by atoms with E-state index in [1.807, 2.05) is 0 Å². The van der Waals surface area contributed by atoms with Crippen LogP contribution in [-0.4, -0.2) is 24.3 Å². The van der Waals surface area contributed by atoms with E-state index in [2.05, 4.69) is 4.98 Å². The lowest BCUT2D eigenvalue weighted by Crippen LogP contribution is -2.31. The molecule has 0 atom stereocenters. The normalized spacial score (nSPS) is 11.8. The van der Waals surface area contributed by atoms with E-state index in [9.17, 15) is 12.8 Å². The van der Waals surface area contributed by atoms with Crippen LogP contribution in [-0.2, 0) is 16.6 Å². The Labute approximate surface area is 123 Å². The first-order chi connectivity index (χ1) is 9.95. The molecule has 112 valence electrons. The van der Waals surface area contributed by atoms with Crippen molar-refractivity contribution in [3.63, 3.8) is 0 Å². The summed E-state index contributed by atoms with van der Waals surface area (Å²) in [6, 6.07) is 8.76. The quantitative estimate of drug-likeness (QED) is 0.916. The fourth-order valence-electron chi connectivity index (χ4n) is 1.97. The van der Waals surface area contributed by atoms with Gasteiger partial charge in [-0.15, -0.1) is 0 Å². The third-order valence-corrected chi connectivity index (χ3v) is 4.99. The Morgan fingerprint density at radius 2 is 2.05 bits per heavy atom. The Hall–Kier alpha value is -1.99. The highest BCUT2D eigenvalue weighted by Crippen LogP contribution is 2.21. The summed E-state index contributed by atoms with van der Waals surface area (Å²) in [5, 5.41) is 0. The first-order valence-electron chi connectivity index (χ1n) is 6.40. The number of benzene rings is 1. The highest BCUT2D eigenvalue weighted by Gasteiger charge is 2.25. The Morgan fingerprint density at radius 3 is 2.67 bits per heavy atom. The molecular formula is C14H16FN3O2S. The molecule has 0 radical (unpaired) electrons. The van der Waals surface area contributed by atoms with Crippen LogP contribution in [0.3, 0.4) is 0 Å². The first-order valence-corrected chi connectivity index (χ1v) is 7.84. The zero-order chi connectivity index (χ0) is 15.5. The SMILES string of the molecule is CCN(Cc1cccc(F)c1)S(=O)(=O)c1cccnc1N. The second-order valence-electron chi connectivity index (χ2n) is 4.45. The van der Waals surface area contributed by atoms with E-state index in [4.69, 9.17) is 5.73 Å². The van der Waals surface area contributed by atoms with Gasteiger partial charge in [0.25, 0.3) is 0 Å². The lowest BCUT2D eigenvalue weighted by Gasteiger charge is -2.21. The number of anilines is 1. The molecule has 21 heavy (non-hydrogen) atoms. The molecule has 2 rings (SSSR count). The van der Waals surface area contributed by atoms with Crippen LogP contribution in [0, 0.1) is 5.82 Å². The molecule has 5 nitrogen and oxygen atoms in total. The Morgan fingerprint density at radius 1 is 1.29 bits per heavy atom. The Balaban J connectivity index is 2.35. The molecule has 0 saturated heterocycles. The number of nitrogen functional groups attached to an aromatic ring is 1. The van der Waals surface area contributed by atoms with Crippen molar-refractivity contribution >= 4 is 15.8 Å². The number of nitrogens with zero attached hydrogens (tertiary/aromatic N) is 2. The molecule has 0 aliphatic heterocycles. The Kier molecular flexibility index (Phi) is 4.54. The fraction of sp³-hybridized carbons (Fsp3) is 0.214. The number of pyridine rings is 1. The van der Waals surface area contributed by atoms with Gasteiger partial charge < -0.3 is 5.73 Å². The van der Waals surface area contributed by atoms with Crippen molar-refractivity contribution in [1.82, 2.24) is 9.29 Å². The molecule has 2 aromatic rings. The van der Waals surface area contributed by atoms with Gasteiger partial charge in [-0.25, -0.2) is 17.8 Å². The smallest absolute Gasteiger partial charge is 0.247 e.